The van der Waals surface area contributed by atoms with Crippen LogP contribution in [-0.4, -0.2) is 92.7 Å². The fraction of sp³-hybridized carbons (Fsp3) is 0.579. The van der Waals surface area contributed by atoms with E-state index in [1.165, 1.54) is 19.2 Å². The Balaban J connectivity index is 1.71. The van der Waals surface area contributed by atoms with Gasteiger partial charge < -0.3 is 14.4 Å². The minimum atomic E-state index is -0.517. The maximum atomic E-state index is 13.8. The standard InChI is InChI=1S/C19H26FN3O4/c1-26-17(24)14-21-5-7-23(8-6-21)19(25)18(22-9-11-27-12-10-22)15-3-2-4-16(20)13-15/h2-4,13,18H,5-12,14H2,1H3/t18-/m1/s1. The monoisotopic (exact) mass is 379 g/mol. The predicted octanol–water partition coefficient (Wildman–Crippen LogP) is 0.516. The zero-order valence-corrected chi connectivity index (χ0v) is 15.6. The number of benzene rings is 1. The Hall–Kier alpha value is -2.03. The van der Waals surface area contributed by atoms with Crippen molar-refractivity contribution in [2.24, 2.45) is 0 Å². The minimum Gasteiger partial charge on any atom is -0.468 e. The predicted molar refractivity (Wildman–Crippen MR) is 96.6 cm³/mol. The quantitative estimate of drug-likeness (QED) is 0.695. The van der Waals surface area contributed by atoms with Crippen LogP contribution in [0.1, 0.15) is 11.6 Å². The number of hydrogen-bond acceptors (Lipinski definition) is 6. The van der Waals surface area contributed by atoms with E-state index in [-0.39, 0.29) is 24.2 Å². The molecule has 2 heterocycles. The number of nitrogens with zero attached hydrogens (tertiary/aromatic N) is 3. The number of piperazine rings is 1. The van der Waals surface area contributed by atoms with E-state index >= 15 is 0 Å². The molecule has 8 heteroatoms. The lowest BCUT2D eigenvalue weighted by Crippen LogP contribution is -2.54. The van der Waals surface area contributed by atoms with Crippen molar-refractivity contribution in [3.05, 3.63) is 35.6 Å². The minimum absolute atomic E-state index is 0.0276. The van der Waals surface area contributed by atoms with Crippen molar-refractivity contribution >= 4 is 11.9 Å². The number of hydrogen-bond donors (Lipinski definition) is 0. The molecule has 7 nitrogen and oxygen atoms in total. The molecule has 0 aromatic heterocycles. The molecule has 1 aromatic carbocycles. The number of methoxy groups -OCH3 is 1. The van der Waals surface area contributed by atoms with Crippen LogP contribution in [0, 0.1) is 5.82 Å². The molecule has 3 rings (SSSR count). The largest absolute Gasteiger partial charge is 0.468 e. The molecule has 0 radical (unpaired) electrons. The molecular weight excluding hydrogens is 353 g/mol. The van der Waals surface area contributed by atoms with Gasteiger partial charge in [-0.1, -0.05) is 12.1 Å². The van der Waals surface area contributed by atoms with Crippen molar-refractivity contribution in [1.29, 1.82) is 0 Å². The Kier molecular flexibility index (Phi) is 6.76. The van der Waals surface area contributed by atoms with Crippen LogP contribution in [0.25, 0.3) is 0 Å². The summed E-state index contributed by atoms with van der Waals surface area (Å²) in [5, 5.41) is 0. The Morgan fingerprint density at radius 2 is 1.85 bits per heavy atom. The third kappa shape index (κ3) is 5.03. The maximum Gasteiger partial charge on any atom is 0.319 e. The van der Waals surface area contributed by atoms with E-state index in [0.717, 1.165) is 0 Å². The van der Waals surface area contributed by atoms with Crippen molar-refractivity contribution in [3.8, 4) is 0 Å². The first-order chi connectivity index (χ1) is 13.1. The van der Waals surface area contributed by atoms with Crippen molar-refractivity contribution in [2.45, 2.75) is 6.04 Å². The van der Waals surface area contributed by atoms with Crippen molar-refractivity contribution in [1.82, 2.24) is 14.7 Å². The van der Waals surface area contributed by atoms with Crippen molar-refractivity contribution in [2.75, 3.05) is 66.1 Å². The third-order valence-corrected chi connectivity index (χ3v) is 5.07. The summed E-state index contributed by atoms with van der Waals surface area (Å²) < 4.78 is 23.9. The topological polar surface area (TPSA) is 62.3 Å². The molecule has 27 heavy (non-hydrogen) atoms. The van der Waals surface area contributed by atoms with E-state index in [9.17, 15) is 14.0 Å². The highest BCUT2D eigenvalue weighted by atomic mass is 19.1. The highest BCUT2D eigenvalue weighted by molar-refractivity contribution is 5.83. The average molecular weight is 379 g/mol. The lowest BCUT2D eigenvalue weighted by atomic mass is 10.0. The molecule has 0 spiro atoms. The maximum absolute atomic E-state index is 13.8. The summed E-state index contributed by atoms with van der Waals surface area (Å²) >= 11 is 0. The lowest BCUT2D eigenvalue weighted by molar-refractivity contribution is -0.144. The molecule has 0 bridgehead atoms. The van der Waals surface area contributed by atoms with Crippen LogP contribution in [0.4, 0.5) is 4.39 Å². The fourth-order valence-electron chi connectivity index (χ4n) is 3.57. The van der Waals surface area contributed by atoms with Gasteiger partial charge in [-0.2, -0.15) is 0 Å². The highest BCUT2D eigenvalue weighted by Crippen LogP contribution is 2.25. The Labute approximate surface area is 158 Å². The van der Waals surface area contributed by atoms with Gasteiger partial charge in [-0.25, -0.2) is 4.39 Å². The van der Waals surface area contributed by atoms with Gasteiger partial charge in [0.05, 0.1) is 26.9 Å². The zero-order valence-electron chi connectivity index (χ0n) is 15.6. The molecule has 0 N–H and O–H groups in total. The molecule has 2 fully saturated rings. The Bertz CT molecular complexity index is 658. The molecule has 2 aliphatic rings. The normalized spacial score (nSPS) is 20.3. The summed E-state index contributed by atoms with van der Waals surface area (Å²) in [4.78, 5) is 30.6. The van der Waals surface area contributed by atoms with Gasteiger partial charge in [0, 0.05) is 39.3 Å². The molecule has 1 aromatic rings. The van der Waals surface area contributed by atoms with Crippen LogP contribution in [0.3, 0.4) is 0 Å². The van der Waals surface area contributed by atoms with Crippen molar-refractivity contribution in [3.63, 3.8) is 0 Å². The van der Waals surface area contributed by atoms with E-state index in [0.29, 0.717) is 58.0 Å². The summed E-state index contributed by atoms with van der Waals surface area (Å²) in [7, 11) is 1.37. The number of ether oxygens (including phenoxy) is 2. The first kappa shape index (κ1) is 19.7. The first-order valence-corrected chi connectivity index (χ1v) is 9.23. The van der Waals surface area contributed by atoms with Gasteiger partial charge in [0.2, 0.25) is 5.91 Å². The van der Waals surface area contributed by atoms with E-state index in [1.54, 1.807) is 17.0 Å². The third-order valence-electron chi connectivity index (χ3n) is 5.07. The molecule has 1 amide bonds. The zero-order chi connectivity index (χ0) is 19.2. The molecule has 2 aliphatic heterocycles. The number of esters is 1. The van der Waals surface area contributed by atoms with Crippen LogP contribution in [0.15, 0.2) is 24.3 Å². The smallest absolute Gasteiger partial charge is 0.319 e. The second-order valence-corrected chi connectivity index (χ2v) is 6.78. The average Bonchev–Trinajstić information content (AvgIpc) is 2.69. The van der Waals surface area contributed by atoms with E-state index < -0.39 is 6.04 Å². The molecule has 0 saturated carbocycles. The number of carbonyl (C=O) groups excluding carboxylic acids is 2. The van der Waals surface area contributed by atoms with Gasteiger partial charge in [-0.3, -0.25) is 19.4 Å². The summed E-state index contributed by atoms with van der Waals surface area (Å²) in [6.07, 6.45) is 0. The lowest BCUT2D eigenvalue weighted by Gasteiger charge is -2.40. The SMILES string of the molecule is COC(=O)CN1CCN(C(=O)[C@@H](c2cccc(F)c2)N2CCOCC2)CC1. The second-order valence-electron chi connectivity index (χ2n) is 6.78. The van der Waals surface area contributed by atoms with Gasteiger partial charge in [0.25, 0.3) is 0 Å². The van der Waals surface area contributed by atoms with Gasteiger partial charge in [-0.15, -0.1) is 0 Å². The van der Waals surface area contributed by atoms with E-state index in [2.05, 4.69) is 4.90 Å². The van der Waals surface area contributed by atoms with Gasteiger partial charge in [0.1, 0.15) is 11.9 Å². The molecule has 1 atom stereocenters. The van der Waals surface area contributed by atoms with Gasteiger partial charge in [0.15, 0.2) is 0 Å². The molecule has 0 unspecified atom stereocenters. The second kappa shape index (κ2) is 9.25. The number of morpholine rings is 1. The summed E-state index contributed by atoms with van der Waals surface area (Å²) in [5.74, 6) is -0.651. The van der Waals surface area contributed by atoms with E-state index in [1.807, 2.05) is 4.90 Å². The van der Waals surface area contributed by atoms with Crippen LogP contribution >= 0.6 is 0 Å². The number of rotatable bonds is 5. The molecular formula is C19H26FN3O4. The summed E-state index contributed by atoms with van der Waals surface area (Å²) in [5.41, 5.74) is 0.666. The van der Waals surface area contributed by atoms with Gasteiger partial charge >= 0.3 is 5.97 Å². The molecule has 148 valence electrons. The van der Waals surface area contributed by atoms with Crippen LogP contribution in [0.5, 0.6) is 0 Å². The Morgan fingerprint density at radius 1 is 1.15 bits per heavy atom. The Morgan fingerprint density at radius 3 is 2.48 bits per heavy atom. The number of halogens is 1. The number of carbonyl (C=O) groups is 2. The van der Waals surface area contributed by atoms with Gasteiger partial charge in [-0.05, 0) is 17.7 Å². The molecule has 2 saturated heterocycles. The van der Waals surface area contributed by atoms with Crippen molar-refractivity contribution < 1.29 is 23.5 Å². The van der Waals surface area contributed by atoms with E-state index in [4.69, 9.17) is 9.47 Å². The summed E-state index contributed by atoms with van der Waals surface area (Å²) in [6, 6.07) is 5.74. The fourth-order valence-corrected chi connectivity index (χ4v) is 3.57. The highest BCUT2D eigenvalue weighted by Gasteiger charge is 2.34. The first-order valence-electron chi connectivity index (χ1n) is 9.23. The van der Waals surface area contributed by atoms with Crippen LogP contribution in [-0.2, 0) is 19.1 Å². The number of amides is 1. The summed E-state index contributed by atoms with van der Waals surface area (Å²) in [6.45, 7) is 4.91. The van der Waals surface area contributed by atoms with Crippen LogP contribution in [0.2, 0.25) is 0 Å². The molecule has 0 aliphatic carbocycles. The van der Waals surface area contributed by atoms with Crippen LogP contribution < -0.4 is 0 Å².